The first kappa shape index (κ1) is 18.5. The standard InChI is InChI=1S/C21H20Cl2OS/c1-2-6-15(14-10-11-18(22)19(23)13-14)21(24)17-8-4-3-7-16(17)20-9-5-12-25-20/h3-5,7-13,15,21,24H,2,6H2,1H3/t15-,21-/m1/s1. The van der Waals surface area contributed by atoms with Crippen LogP contribution in [0.2, 0.25) is 10.0 Å². The van der Waals surface area contributed by atoms with Crippen LogP contribution in [0.25, 0.3) is 10.4 Å². The lowest BCUT2D eigenvalue weighted by atomic mass is 9.84. The molecule has 0 saturated carbocycles. The Morgan fingerprint density at radius 1 is 1.00 bits per heavy atom. The van der Waals surface area contributed by atoms with E-state index in [0.717, 1.165) is 29.5 Å². The van der Waals surface area contributed by atoms with E-state index in [4.69, 9.17) is 23.2 Å². The minimum absolute atomic E-state index is 0.0270. The number of rotatable bonds is 6. The molecule has 0 aliphatic carbocycles. The van der Waals surface area contributed by atoms with Crippen molar-refractivity contribution in [3.05, 3.63) is 81.1 Å². The van der Waals surface area contributed by atoms with Crippen LogP contribution < -0.4 is 0 Å². The molecule has 1 aromatic heterocycles. The van der Waals surface area contributed by atoms with E-state index in [0.29, 0.717) is 10.0 Å². The van der Waals surface area contributed by atoms with Crippen molar-refractivity contribution in [2.24, 2.45) is 0 Å². The average Bonchev–Trinajstić information content (AvgIpc) is 3.16. The Labute approximate surface area is 162 Å². The second kappa shape index (κ2) is 8.37. The van der Waals surface area contributed by atoms with Gasteiger partial charge in [-0.15, -0.1) is 11.3 Å². The summed E-state index contributed by atoms with van der Waals surface area (Å²) in [6.07, 6.45) is 1.25. The second-order valence-corrected chi connectivity index (χ2v) is 7.84. The van der Waals surface area contributed by atoms with E-state index < -0.39 is 6.10 Å². The molecule has 1 nitrogen and oxygen atoms in total. The van der Waals surface area contributed by atoms with Crippen molar-refractivity contribution >= 4 is 34.5 Å². The molecular formula is C21H20Cl2OS. The molecule has 0 fully saturated rings. The molecule has 2 aromatic carbocycles. The van der Waals surface area contributed by atoms with E-state index in [-0.39, 0.29) is 5.92 Å². The third kappa shape index (κ3) is 4.09. The van der Waals surface area contributed by atoms with Crippen LogP contribution in [0.3, 0.4) is 0 Å². The topological polar surface area (TPSA) is 20.2 Å². The van der Waals surface area contributed by atoms with Gasteiger partial charge in [-0.2, -0.15) is 0 Å². The molecule has 1 N–H and O–H groups in total. The lowest BCUT2D eigenvalue weighted by molar-refractivity contribution is 0.140. The Hall–Kier alpha value is -1.32. The Morgan fingerprint density at radius 3 is 2.48 bits per heavy atom. The number of aliphatic hydroxyl groups excluding tert-OH is 1. The largest absolute Gasteiger partial charge is 0.388 e. The van der Waals surface area contributed by atoms with Crippen LogP contribution in [-0.4, -0.2) is 5.11 Å². The number of halogens is 2. The molecule has 1 heterocycles. The van der Waals surface area contributed by atoms with Crippen LogP contribution in [-0.2, 0) is 0 Å². The van der Waals surface area contributed by atoms with E-state index in [1.165, 1.54) is 4.88 Å². The smallest absolute Gasteiger partial charge is 0.0864 e. The highest BCUT2D eigenvalue weighted by molar-refractivity contribution is 7.13. The molecule has 0 bridgehead atoms. The van der Waals surface area contributed by atoms with Crippen molar-refractivity contribution in [2.75, 3.05) is 0 Å². The Morgan fingerprint density at radius 2 is 1.80 bits per heavy atom. The number of hydrogen-bond acceptors (Lipinski definition) is 2. The van der Waals surface area contributed by atoms with Crippen LogP contribution in [0, 0.1) is 0 Å². The van der Waals surface area contributed by atoms with Crippen LogP contribution in [0.5, 0.6) is 0 Å². The molecule has 0 unspecified atom stereocenters. The summed E-state index contributed by atoms with van der Waals surface area (Å²) in [6, 6.07) is 17.8. The van der Waals surface area contributed by atoms with Crippen molar-refractivity contribution in [1.29, 1.82) is 0 Å². The summed E-state index contributed by atoms with van der Waals surface area (Å²) in [5.74, 6) is -0.0270. The van der Waals surface area contributed by atoms with Gasteiger partial charge in [0.15, 0.2) is 0 Å². The highest BCUT2D eigenvalue weighted by Crippen LogP contribution is 2.41. The summed E-state index contributed by atoms with van der Waals surface area (Å²) in [7, 11) is 0. The van der Waals surface area contributed by atoms with Crippen LogP contribution in [0.15, 0.2) is 60.0 Å². The molecular weight excluding hydrogens is 371 g/mol. The molecule has 2 atom stereocenters. The zero-order valence-electron chi connectivity index (χ0n) is 14.0. The third-order valence-electron chi connectivity index (χ3n) is 4.42. The first-order valence-electron chi connectivity index (χ1n) is 8.37. The molecule has 3 rings (SSSR count). The van der Waals surface area contributed by atoms with E-state index in [1.54, 1.807) is 17.4 Å². The lowest BCUT2D eigenvalue weighted by Gasteiger charge is -2.25. The Kier molecular flexibility index (Phi) is 6.19. The SMILES string of the molecule is CCC[C@H](c1ccc(Cl)c(Cl)c1)[C@@H](O)c1ccccc1-c1cccs1. The van der Waals surface area contributed by atoms with Crippen LogP contribution >= 0.6 is 34.5 Å². The van der Waals surface area contributed by atoms with Gasteiger partial charge in [0.05, 0.1) is 16.1 Å². The van der Waals surface area contributed by atoms with Crippen molar-refractivity contribution in [3.63, 3.8) is 0 Å². The van der Waals surface area contributed by atoms with Gasteiger partial charge in [-0.05, 0) is 46.7 Å². The molecule has 0 aliphatic rings. The molecule has 25 heavy (non-hydrogen) atoms. The van der Waals surface area contributed by atoms with Gasteiger partial charge in [0.1, 0.15) is 0 Å². The highest BCUT2D eigenvalue weighted by atomic mass is 35.5. The molecule has 3 aromatic rings. The van der Waals surface area contributed by atoms with E-state index in [9.17, 15) is 5.11 Å². The van der Waals surface area contributed by atoms with Gasteiger partial charge in [0, 0.05) is 10.8 Å². The monoisotopic (exact) mass is 390 g/mol. The van der Waals surface area contributed by atoms with Gasteiger partial charge in [-0.1, -0.05) is 72.9 Å². The fraction of sp³-hybridized carbons (Fsp3) is 0.238. The van der Waals surface area contributed by atoms with Gasteiger partial charge in [-0.25, -0.2) is 0 Å². The number of benzene rings is 2. The Balaban J connectivity index is 2.02. The molecule has 4 heteroatoms. The minimum atomic E-state index is -0.601. The fourth-order valence-electron chi connectivity index (χ4n) is 3.19. The van der Waals surface area contributed by atoms with Gasteiger partial charge < -0.3 is 5.11 Å². The summed E-state index contributed by atoms with van der Waals surface area (Å²) >= 11 is 14.0. The lowest BCUT2D eigenvalue weighted by Crippen LogP contribution is -2.12. The number of aliphatic hydroxyl groups is 1. The van der Waals surface area contributed by atoms with Gasteiger partial charge >= 0.3 is 0 Å². The quantitative estimate of drug-likeness (QED) is 0.466. The zero-order valence-corrected chi connectivity index (χ0v) is 16.3. The van der Waals surface area contributed by atoms with Crippen LogP contribution in [0.4, 0.5) is 0 Å². The highest BCUT2D eigenvalue weighted by Gasteiger charge is 2.25. The predicted octanol–water partition coefficient (Wildman–Crippen LogP) is 7.34. The van der Waals surface area contributed by atoms with Gasteiger partial charge in [-0.3, -0.25) is 0 Å². The molecule has 0 aliphatic heterocycles. The first-order valence-corrected chi connectivity index (χ1v) is 10.0. The van der Waals surface area contributed by atoms with Gasteiger partial charge in [0.25, 0.3) is 0 Å². The van der Waals surface area contributed by atoms with Gasteiger partial charge in [0.2, 0.25) is 0 Å². The average molecular weight is 391 g/mol. The maximum Gasteiger partial charge on any atom is 0.0864 e. The van der Waals surface area contributed by atoms with Crippen molar-refractivity contribution < 1.29 is 5.11 Å². The summed E-state index contributed by atoms with van der Waals surface area (Å²) in [6.45, 7) is 2.13. The summed E-state index contributed by atoms with van der Waals surface area (Å²) in [5.41, 5.74) is 3.06. The van der Waals surface area contributed by atoms with Crippen molar-refractivity contribution in [2.45, 2.75) is 31.8 Å². The van der Waals surface area contributed by atoms with E-state index >= 15 is 0 Å². The summed E-state index contributed by atoms with van der Waals surface area (Å²) in [4.78, 5) is 1.17. The first-order chi connectivity index (χ1) is 12.1. The second-order valence-electron chi connectivity index (χ2n) is 6.08. The van der Waals surface area contributed by atoms with E-state index in [2.05, 4.69) is 24.4 Å². The normalized spacial score (nSPS) is 13.6. The Bertz CT molecular complexity index is 830. The third-order valence-corrected chi connectivity index (χ3v) is 6.06. The number of hydrogen-bond donors (Lipinski definition) is 1. The minimum Gasteiger partial charge on any atom is -0.388 e. The van der Waals surface area contributed by atoms with Crippen molar-refractivity contribution in [3.8, 4) is 10.4 Å². The van der Waals surface area contributed by atoms with E-state index in [1.807, 2.05) is 36.4 Å². The molecule has 0 amide bonds. The molecule has 0 spiro atoms. The maximum atomic E-state index is 11.2. The predicted molar refractivity (Wildman–Crippen MR) is 109 cm³/mol. The maximum absolute atomic E-state index is 11.2. The molecule has 0 radical (unpaired) electrons. The number of thiophene rings is 1. The van der Waals surface area contributed by atoms with Crippen LogP contribution in [0.1, 0.15) is 42.9 Å². The summed E-state index contributed by atoms with van der Waals surface area (Å²) < 4.78 is 0. The van der Waals surface area contributed by atoms with Crippen molar-refractivity contribution in [1.82, 2.24) is 0 Å². The fourth-order valence-corrected chi connectivity index (χ4v) is 4.27. The zero-order chi connectivity index (χ0) is 17.8. The molecule has 0 saturated heterocycles. The molecule has 130 valence electrons. The summed E-state index contributed by atoms with van der Waals surface area (Å²) in [5, 5.41) is 14.4.